The maximum absolute atomic E-state index is 11.1. The Hall–Kier alpha value is -0.990. The van der Waals surface area contributed by atoms with Gasteiger partial charge in [-0.3, -0.25) is 0 Å². The molecule has 0 saturated carbocycles. The molecule has 1 amide bonds. The van der Waals surface area contributed by atoms with E-state index in [4.69, 9.17) is 4.74 Å². The van der Waals surface area contributed by atoms with Gasteiger partial charge in [-0.25, -0.2) is 4.79 Å². The molecular weight excluding hydrogens is 154 g/mol. The number of carbonyl (C=O) groups excluding carboxylic acids is 1. The molecule has 1 heterocycles. The Balaban J connectivity index is 2.46. The van der Waals surface area contributed by atoms with E-state index in [0.717, 1.165) is 6.54 Å². The van der Waals surface area contributed by atoms with E-state index in [1.165, 1.54) is 0 Å². The summed E-state index contributed by atoms with van der Waals surface area (Å²) in [6.45, 7) is 9.16. The molecule has 0 aliphatic carbocycles. The van der Waals surface area contributed by atoms with Crippen LogP contribution in [0.5, 0.6) is 0 Å². The second-order valence-corrected chi connectivity index (χ2v) is 3.46. The van der Waals surface area contributed by atoms with Crippen LogP contribution in [-0.2, 0) is 4.74 Å². The molecule has 12 heavy (non-hydrogen) atoms. The lowest BCUT2D eigenvalue weighted by molar-refractivity contribution is 0.143. The Morgan fingerprint density at radius 3 is 2.92 bits per heavy atom. The lowest BCUT2D eigenvalue weighted by atomic mass is 10.2. The maximum Gasteiger partial charge on any atom is 0.410 e. The maximum atomic E-state index is 11.1. The quantitative estimate of drug-likeness (QED) is 0.601. The summed E-state index contributed by atoms with van der Waals surface area (Å²) in [5.74, 6) is 0.487. The van der Waals surface area contributed by atoms with Gasteiger partial charge in [-0.2, -0.15) is 0 Å². The largest absolute Gasteiger partial charge is 0.440 e. The zero-order chi connectivity index (χ0) is 9.14. The topological polar surface area (TPSA) is 29.5 Å². The summed E-state index contributed by atoms with van der Waals surface area (Å²) in [6, 6.07) is 0. The van der Waals surface area contributed by atoms with Crippen LogP contribution in [-0.4, -0.2) is 30.2 Å². The number of hydrogen-bond acceptors (Lipinski definition) is 2. The molecule has 1 aliphatic rings. The molecule has 0 bridgehead atoms. The van der Waals surface area contributed by atoms with E-state index in [-0.39, 0.29) is 12.2 Å². The van der Waals surface area contributed by atoms with Gasteiger partial charge in [0.25, 0.3) is 0 Å². The highest BCUT2D eigenvalue weighted by atomic mass is 16.6. The second-order valence-electron chi connectivity index (χ2n) is 3.46. The molecule has 3 nitrogen and oxygen atoms in total. The van der Waals surface area contributed by atoms with Crippen molar-refractivity contribution in [2.75, 3.05) is 13.1 Å². The van der Waals surface area contributed by atoms with E-state index in [2.05, 4.69) is 20.4 Å². The summed E-state index contributed by atoms with van der Waals surface area (Å²) in [4.78, 5) is 12.9. The van der Waals surface area contributed by atoms with E-state index in [9.17, 15) is 4.79 Å². The summed E-state index contributed by atoms with van der Waals surface area (Å²) in [5, 5.41) is 0. The molecular formula is C9H15NO2. The second kappa shape index (κ2) is 3.61. The third kappa shape index (κ3) is 2.00. The molecule has 1 atom stereocenters. The van der Waals surface area contributed by atoms with E-state index in [1.807, 2.05) is 0 Å². The van der Waals surface area contributed by atoms with Gasteiger partial charge in [-0.15, -0.1) is 0 Å². The molecule has 1 rings (SSSR count). The summed E-state index contributed by atoms with van der Waals surface area (Å²) in [6.07, 6.45) is 1.34. The number of cyclic esters (lactones) is 1. The van der Waals surface area contributed by atoms with Crippen molar-refractivity contribution in [2.24, 2.45) is 5.92 Å². The molecule has 0 radical (unpaired) electrons. The molecule has 68 valence electrons. The summed E-state index contributed by atoms with van der Waals surface area (Å²) in [5.41, 5.74) is 0. The first-order valence-electron chi connectivity index (χ1n) is 4.21. The molecule has 3 heteroatoms. The van der Waals surface area contributed by atoms with Crippen molar-refractivity contribution in [2.45, 2.75) is 20.0 Å². The van der Waals surface area contributed by atoms with Crippen molar-refractivity contribution < 1.29 is 9.53 Å². The molecule has 0 N–H and O–H groups in total. The molecule has 0 spiro atoms. The van der Waals surface area contributed by atoms with Gasteiger partial charge in [0.2, 0.25) is 0 Å². The number of ether oxygens (including phenoxy) is 1. The fraction of sp³-hybridized carbons (Fsp3) is 0.667. The Morgan fingerprint density at radius 1 is 1.83 bits per heavy atom. The van der Waals surface area contributed by atoms with Gasteiger partial charge in [0.1, 0.15) is 6.10 Å². The fourth-order valence-electron chi connectivity index (χ4n) is 1.25. The highest BCUT2D eigenvalue weighted by molar-refractivity contribution is 5.70. The summed E-state index contributed by atoms with van der Waals surface area (Å²) < 4.78 is 4.99. The van der Waals surface area contributed by atoms with Gasteiger partial charge < -0.3 is 9.64 Å². The number of carbonyl (C=O) groups is 1. The van der Waals surface area contributed by atoms with Crippen LogP contribution in [0.3, 0.4) is 0 Å². The normalized spacial score (nSPS) is 23.1. The monoisotopic (exact) mass is 169 g/mol. The van der Waals surface area contributed by atoms with Crippen LogP contribution < -0.4 is 0 Å². The number of nitrogens with zero attached hydrogens (tertiary/aromatic N) is 1. The lowest BCUT2D eigenvalue weighted by Crippen LogP contribution is -2.28. The van der Waals surface area contributed by atoms with Crippen LogP contribution >= 0.6 is 0 Å². The van der Waals surface area contributed by atoms with Crippen molar-refractivity contribution in [3.8, 4) is 0 Å². The van der Waals surface area contributed by atoms with Crippen LogP contribution in [0.15, 0.2) is 12.7 Å². The third-order valence-corrected chi connectivity index (χ3v) is 1.76. The van der Waals surface area contributed by atoms with Gasteiger partial charge in [0.05, 0.1) is 6.54 Å². The van der Waals surface area contributed by atoms with Gasteiger partial charge >= 0.3 is 6.09 Å². The van der Waals surface area contributed by atoms with Crippen molar-refractivity contribution in [1.29, 1.82) is 0 Å². The summed E-state index contributed by atoms with van der Waals surface area (Å²) in [7, 11) is 0. The predicted octanol–water partition coefficient (Wildman–Crippen LogP) is 1.65. The van der Waals surface area contributed by atoms with E-state index in [1.54, 1.807) is 11.0 Å². The van der Waals surface area contributed by atoms with Gasteiger partial charge in [0.15, 0.2) is 0 Å². The SMILES string of the molecule is C=C[C@H]1CN(CC(C)C)C(=O)O1. The van der Waals surface area contributed by atoms with E-state index < -0.39 is 0 Å². The highest BCUT2D eigenvalue weighted by Gasteiger charge is 2.28. The molecule has 1 fully saturated rings. The zero-order valence-corrected chi connectivity index (χ0v) is 7.62. The predicted molar refractivity (Wildman–Crippen MR) is 46.9 cm³/mol. The smallest absolute Gasteiger partial charge is 0.410 e. The van der Waals surface area contributed by atoms with Gasteiger partial charge in [-0.05, 0) is 12.0 Å². The van der Waals surface area contributed by atoms with Crippen LogP contribution in [0.2, 0.25) is 0 Å². The molecule has 0 aromatic rings. The van der Waals surface area contributed by atoms with Crippen molar-refractivity contribution >= 4 is 6.09 Å². The molecule has 0 aromatic heterocycles. The third-order valence-electron chi connectivity index (χ3n) is 1.76. The summed E-state index contributed by atoms with van der Waals surface area (Å²) >= 11 is 0. The van der Waals surface area contributed by atoms with Crippen LogP contribution in [0.25, 0.3) is 0 Å². The van der Waals surface area contributed by atoms with E-state index in [0.29, 0.717) is 12.5 Å². The first kappa shape index (κ1) is 9.10. The van der Waals surface area contributed by atoms with Crippen LogP contribution in [0, 0.1) is 5.92 Å². The Kier molecular flexibility index (Phi) is 2.74. The van der Waals surface area contributed by atoms with Gasteiger partial charge in [0, 0.05) is 6.54 Å². The first-order valence-corrected chi connectivity index (χ1v) is 4.21. The average molecular weight is 169 g/mol. The molecule has 1 aliphatic heterocycles. The van der Waals surface area contributed by atoms with Crippen LogP contribution in [0.4, 0.5) is 4.79 Å². The molecule has 0 unspecified atom stereocenters. The minimum absolute atomic E-state index is 0.115. The fourth-order valence-corrected chi connectivity index (χ4v) is 1.25. The van der Waals surface area contributed by atoms with E-state index >= 15 is 0 Å². The average Bonchev–Trinajstić information content (AvgIpc) is 2.31. The molecule has 1 saturated heterocycles. The Labute approximate surface area is 73.0 Å². The van der Waals surface area contributed by atoms with Crippen molar-refractivity contribution in [3.05, 3.63) is 12.7 Å². The van der Waals surface area contributed by atoms with Gasteiger partial charge in [-0.1, -0.05) is 20.4 Å². The Bertz CT molecular complexity index is 189. The van der Waals surface area contributed by atoms with Crippen LogP contribution in [0.1, 0.15) is 13.8 Å². The highest BCUT2D eigenvalue weighted by Crippen LogP contribution is 2.13. The number of amides is 1. The van der Waals surface area contributed by atoms with Crippen molar-refractivity contribution in [1.82, 2.24) is 4.90 Å². The minimum Gasteiger partial charge on any atom is -0.440 e. The Morgan fingerprint density at radius 2 is 2.50 bits per heavy atom. The first-order chi connectivity index (χ1) is 5.63. The standard InChI is InChI=1S/C9H15NO2/c1-4-8-6-10(5-7(2)3)9(11)12-8/h4,7-8H,1,5-6H2,2-3H3/t8-/m0/s1. The lowest BCUT2D eigenvalue weighted by Gasteiger charge is -2.14. The number of hydrogen-bond donors (Lipinski definition) is 0. The zero-order valence-electron chi connectivity index (χ0n) is 7.62. The number of rotatable bonds is 3. The minimum atomic E-state index is -0.214. The van der Waals surface area contributed by atoms with Crippen molar-refractivity contribution in [3.63, 3.8) is 0 Å². The molecule has 0 aromatic carbocycles.